The summed E-state index contributed by atoms with van der Waals surface area (Å²) in [6.45, 7) is 13.9. The molecule has 1 fully saturated rings. The summed E-state index contributed by atoms with van der Waals surface area (Å²) in [5.74, 6) is 2.34. The Balaban J connectivity index is 1.78. The van der Waals surface area contributed by atoms with E-state index in [-0.39, 0.29) is 5.92 Å². The normalized spacial score (nSPS) is 15.3. The topological polar surface area (TPSA) is 49.3 Å². The van der Waals surface area contributed by atoms with Crippen LogP contribution in [0.4, 0.5) is 5.82 Å². The molecule has 5 nitrogen and oxygen atoms in total. The Hall–Kier alpha value is -2.43. The molecular formula is C26H38N4O. The Kier molecular flexibility index (Phi) is 8.05. The number of piperazine rings is 1. The average molecular weight is 423 g/mol. The number of benzene rings is 1. The third kappa shape index (κ3) is 5.44. The molecule has 0 aliphatic carbocycles. The van der Waals surface area contributed by atoms with E-state index in [4.69, 9.17) is 9.97 Å². The minimum absolute atomic E-state index is 0.173. The summed E-state index contributed by atoms with van der Waals surface area (Å²) in [6.07, 6.45) is 5.13. The van der Waals surface area contributed by atoms with Gasteiger partial charge in [-0.3, -0.25) is 4.79 Å². The van der Waals surface area contributed by atoms with E-state index in [9.17, 15) is 4.79 Å². The maximum absolute atomic E-state index is 13.0. The number of carbonyl (C=O) groups excluding carboxylic acids is 1. The van der Waals surface area contributed by atoms with Crippen LogP contribution in [0.25, 0.3) is 11.4 Å². The third-order valence-corrected chi connectivity index (χ3v) is 6.46. The fourth-order valence-corrected chi connectivity index (χ4v) is 4.52. The van der Waals surface area contributed by atoms with Crippen molar-refractivity contribution in [2.75, 3.05) is 31.1 Å². The molecule has 1 aromatic carbocycles. The van der Waals surface area contributed by atoms with Gasteiger partial charge < -0.3 is 9.80 Å². The van der Waals surface area contributed by atoms with Crippen molar-refractivity contribution in [2.24, 2.45) is 5.92 Å². The van der Waals surface area contributed by atoms with Gasteiger partial charge in [0.2, 0.25) is 5.91 Å². The maximum Gasteiger partial charge on any atom is 0.225 e. The number of hydrogen-bond acceptors (Lipinski definition) is 4. The first-order chi connectivity index (χ1) is 15.0. The van der Waals surface area contributed by atoms with Crippen LogP contribution in [0.1, 0.15) is 63.3 Å². The fourth-order valence-electron chi connectivity index (χ4n) is 4.52. The Morgan fingerprint density at radius 1 is 1.06 bits per heavy atom. The minimum atomic E-state index is 0.173. The summed E-state index contributed by atoms with van der Waals surface area (Å²) in [7, 11) is 0. The van der Waals surface area contributed by atoms with Gasteiger partial charge in [0.25, 0.3) is 0 Å². The van der Waals surface area contributed by atoms with Gasteiger partial charge in [-0.1, -0.05) is 57.4 Å². The van der Waals surface area contributed by atoms with Crippen molar-refractivity contribution in [1.29, 1.82) is 0 Å². The summed E-state index contributed by atoms with van der Waals surface area (Å²) < 4.78 is 0. The molecule has 0 unspecified atom stereocenters. The second-order valence-corrected chi connectivity index (χ2v) is 8.72. The van der Waals surface area contributed by atoms with Gasteiger partial charge in [0.15, 0.2) is 5.82 Å². The van der Waals surface area contributed by atoms with Crippen molar-refractivity contribution < 1.29 is 4.79 Å². The molecular weight excluding hydrogens is 384 g/mol. The number of unbranched alkanes of at least 4 members (excludes halogenated alkanes) is 1. The summed E-state index contributed by atoms with van der Waals surface area (Å²) in [5, 5.41) is 0. The van der Waals surface area contributed by atoms with Crippen molar-refractivity contribution in [3.05, 3.63) is 41.1 Å². The van der Waals surface area contributed by atoms with Crippen molar-refractivity contribution in [2.45, 2.75) is 66.7 Å². The summed E-state index contributed by atoms with van der Waals surface area (Å²) >= 11 is 0. The average Bonchev–Trinajstić information content (AvgIpc) is 2.79. The van der Waals surface area contributed by atoms with E-state index in [2.05, 4.69) is 68.7 Å². The van der Waals surface area contributed by atoms with Gasteiger partial charge in [-0.15, -0.1) is 0 Å². The van der Waals surface area contributed by atoms with E-state index >= 15 is 0 Å². The standard InChI is InChI=1S/C26H38N4O/c1-6-9-12-21(7-2)26(31)30-16-14-29(15-17-30)25-23(8-3)20(5)27-24(28-25)22-13-10-11-19(4)18-22/h10-11,13,18,21H,6-9,12,14-17H2,1-5H3/t21-/m0/s1. The highest BCUT2D eigenvalue weighted by Gasteiger charge is 2.28. The summed E-state index contributed by atoms with van der Waals surface area (Å²) in [5.41, 5.74) is 4.53. The molecule has 0 N–H and O–H groups in total. The lowest BCUT2D eigenvalue weighted by molar-refractivity contribution is -0.136. The Morgan fingerprint density at radius 3 is 2.42 bits per heavy atom. The molecule has 1 saturated heterocycles. The molecule has 1 aliphatic rings. The highest BCUT2D eigenvalue weighted by Crippen LogP contribution is 2.27. The van der Waals surface area contributed by atoms with E-state index in [0.717, 1.165) is 81.2 Å². The zero-order chi connectivity index (χ0) is 22.4. The van der Waals surface area contributed by atoms with Crippen LogP contribution >= 0.6 is 0 Å². The van der Waals surface area contributed by atoms with E-state index in [0.29, 0.717) is 5.91 Å². The first-order valence-electron chi connectivity index (χ1n) is 12.0. The molecule has 0 radical (unpaired) electrons. The molecule has 5 heteroatoms. The predicted molar refractivity (Wildman–Crippen MR) is 128 cm³/mol. The Morgan fingerprint density at radius 2 is 1.81 bits per heavy atom. The molecule has 1 amide bonds. The number of carbonyl (C=O) groups is 1. The minimum Gasteiger partial charge on any atom is -0.353 e. The number of amides is 1. The number of anilines is 1. The highest BCUT2D eigenvalue weighted by atomic mass is 16.2. The number of aryl methyl sites for hydroxylation is 2. The molecule has 3 rings (SSSR count). The van der Waals surface area contributed by atoms with Crippen LogP contribution in [-0.2, 0) is 11.2 Å². The van der Waals surface area contributed by atoms with Crippen LogP contribution < -0.4 is 4.90 Å². The van der Waals surface area contributed by atoms with Gasteiger partial charge in [0.05, 0.1) is 0 Å². The van der Waals surface area contributed by atoms with Gasteiger partial charge in [-0.05, 0) is 39.2 Å². The first-order valence-corrected chi connectivity index (χ1v) is 12.0. The lowest BCUT2D eigenvalue weighted by atomic mass is 9.97. The molecule has 1 aliphatic heterocycles. The molecule has 1 atom stereocenters. The van der Waals surface area contributed by atoms with E-state index in [1.54, 1.807) is 0 Å². The molecule has 2 aromatic rings. The second kappa shape index (κ2) is 10.7. The zero-order valence-corrected chi connectivity index (χ0v) is 19.9. The third-order valence-electron chi connectivity index (χ3n) is 6.46. The maximum atomic E-state index is 13.0. The van der Waals surface area contributed by atoms with Crippen LogP contribution in [0.15, 0.2) is 24.3 Å². The molecule has 0 spiro atoms. The monoisotopic (exact) mass is 422 g/mol. The molecule has 2 heterocycles. The largest absolute Gasteiger partial charge is 0.353 e. The number of nitrogens with zero attached hydrogens (tertiary/aromatic N) is 4. The summed E-state index contributed by atoms with van der Waals surface area (Å²) in [6, 6.07) is 8.37. The Labute approximate surface area is 187 Å². The van der Waals surface area contributed by atoms with E-state index in [1.807, 2.05) is 0 Å². The predicted octanol–water partition coefficient (Wildman–Crippen LogP) is 5.19. The molecule has 0 bridgehead atoms. The smallest absolute Gasteiger partial charge is 0.225 e. The lowest BCUT2D eigenvalue weighted by Gasteiger charge is -2.38. The molecule has 0 saturated carbocycles. The lowest BCUT2D eigenvalue weighted by Crippen LogP contribution is -2.51. The van der Waals surface area contributed by atoms with Crippen molar-refractivity contribution in [3.63, 3.8) is 0 Å². The van der Waals surface area contributed by atoms with Crippen molar-refractivity contribution >= 4 is 11.7 Å². The van der Waals surface area contributed by atoms with Crippen LogP contribution in [0.3, 0.4) is 0 Å². The number of rotatable bonds is 8. The number of aromatic nitrogens is 2. The van der Waals surface area contributed by atoms with Crippen molar-refractivity contribution in [3.8, 4) is 11.4 Å². The Bertz CT molecular complexity index is 887. The molecule has 31 heavy (non-hydrogen) atoms. The van der Waals surface area contributed by atoms with Gasteiger partial charge in [-0.25, -0.2) is 9.97 Å². The summed E-state index contributed by atoms with van der Waals surface area (Å²) in [4.78, 5) is 27.3. The van der Waals surface area contributed by atoms with Crippen LogP contribution in [-0.4, -0.2) is 47.0 Å². The second-order valence-electron chi connectivity index (χ2n) is 8.72. The quantitative estimate of drug-likeness (QED) is 0.587. The van der Waals surface area contributed by atoms with Gasteiger partial charge in [0.1, 0.15) is 5.82 Å². The van der Waals surface area contributed by atoms with Gasteiger partial charge in [0, 0.05) is 48.9 Å². The van der Waals surface area contributed by atoms with Crippen molar-refractivity contribution in [1.82, 2.24) is 14.9 Å². The highest BCUT2D eigenvalue weighted by molar-refractivity contribution is 5.79. The SMILES string of the molecule is CCCC[C@H](CC)C(=O)N1CCN(c2nc(-c3cccc(C)c3)nc(C)c2CC)CC1. The van der Waals surface area contributed by atoms with Crippen LogP contribution in [0.2, 0.25) is 0 Å². The van der Waals surface area contributed by atoms with E-state index < -0.39 is 0 Å². The van der Waals surface area contributed by atoms with Crippen LogP contribution in [0, 0.1) is 19.8 Å². The zero-order valence-electron chi connectivity index (χ0n) is 19.9. The van der Waals surface area contributed by atoms with E-state index in [1.165, 1.54) is 11.1 Å². The number of hydrogen-bond donors (Lipinski definition) is 0. The van der Waals surface area contributed by atoms with Gasteiger partial charge in [-0.2, -0.15) is 0 Å². The molecule has 168 valence electrons. The van der Waals surface area contributed by atoms with Crippen LogP contribution in [0.5, 0.6) is 0 Å². The van der Waals surface area contributed by atoms with Gasteiger partial charge >= 0.3 is 0 Å². The first kappa shape index (κ1) is 23.2. The fraction of sp³-hybridized carbons (Fsp3) is 0.577. The molecule has 1 aromatic heterocycles.